The van der Waals surface area contributed by atoms with Crippen molar-refractivity contribution < 1.29 is 23.4 Å². The average Bonchev–Trinajstić information content (AvgIpc) is 2.80. The van der Waals surface area contributed by atoms with Crippen molar-refractivity contribution in [1.82, 2.24) is 0 Å². The quantitative estimate of drug-likeness (QED) is 0.503. The van der Waals surface area contributed by atoms with Gasteiger partial charge in [0.15, 0.2) is 0 Å². The highest BCUT2D eigenvalue weighted by atomic mass is 32.2. The van der Waals surface area contributed by atoms with Gasteiger partial charge >= 0.3 is 0 Å². The van der Waals surface area contributed by atoms with Crippen molar-refractivity contribution in [2.75, 3.05) is 0 Å². The van der Waals surface area contributed by atoms with Gasteiger partial charge in [-0.25, -0.2) is 8.42 Å². The predicted octanol–water partition coefficient (Wildman–Crippen LogP) is 5.23. The first-order valence-corrected chi connectivity index (χ1v) is 11.8. The van der Waals surface area contributed by atoms with Crippen LogP contribution in [-0.2, 0) is 9.84 Å². The number of phenols is 1. The van der Waals surface area contributed by atoms with E-state index in [1.807, 2.05) is 32.9 Å². The van der Waals surface area contributed by atoms with Crippen LogP contribution in [0.15, 0.2) is 76.5 Å². The van der Waals surface area contributed by atoms with Gasteiger partial charge in [0, 0.05) is 5.56 Å². The Balaban J connectivity index is 1.77. The highest BCUT2D eigenvalue weighted by Crippen LogP contribution is 2.29. The minimum Gasteiger partial charge on any atom is -0.508 e. The Morgan fingerprint density at radius 3 is 2.00 bits per heavy atom. The molecular formula is C26H26O5S. The molecule has 0 heterocycles. The first kappa shape index (κ1) is 23.4. The first-order valence-electron chi connectivity index (χ1n) is 10.3. The summed E-state index contributed by atoms with van der Waals surface area (Å²) >= 11 is 0. The van der Waals surface area contributed by atoms with E-state index in [4.69, 9.17) is 4.74 Å². The van der Waals surface area contributed by atoms with Crippen molar-refractivity contribution in [1.29, 1.82) is 0 Å². The van der Waals surface area contributed by atoms with E-state index in [1.165, 1.54) is 36.4 Å². The van der Waals surface area contributed by atoms with Gasteiger partial charge in [0.05, 0.1) is 9.79 Å². The average molecular weight is 451 g/mol. The van der Waals surface area contributed by atoms with Crippen molar-refractivity contribution in [2.24, 2.45) is 0 Å². The molecule has 0 aromatic heterocycles. The number of aryl methyl sites for hydroxylation is 1. The predicted molar refractivity (Wildman–Crippen MR) is 124 cm³/mol. The second kappa shape index (κ2) is 9.47. The number of ether oxygens (including phenoxy) is 1. The van der Waals surface area contributed by atoms with Gasteiger partial charge in [0.1, 0.15) is 22.8 Å². The second-order valence-electron chi connectivity index (χ2n) is 7.54. The molecule has 0 saturated carbocycles. The lowest BCUT2D eigenvalue weighted by Gasteiger charge is -2.17. The molecule has 3 aromatic carbocycles. The molecule has 0 amide bonds. The molecule has 0 aliphatic rings. The van der Waals surface area contributed by atoms with Gasteiger partial charge in [0.25, 0.3) is 0 Å². The Hall–Kier alpha value is -3.27. The SMILES string of the molecule is CCC(O)(C#Cc1ccc(Oc2ccc(S(=O)(=O)c3ccc(O)cc3)cc2)c(C)c1)CC. The smallest absolute Gasteiger partial charge is 0.206 e. The lowest BCUT2D eigenvalue weighted by Crippen LogP contribution is -2.23. The zero-order valence-corrected chi connectivity index (χ0v) is 19.1. The third-order valence-electron chi connectivity index (χ3n) is 5.29. The molecule has 2 N–H and O–H groups in total. The van der Waals surface area contributed by atoms with Crippen molar-refractivity contribution in [3.8, 4) is 29.1 Å². The molecule has 0 saturated heterocycles. The van der Waals surface area contributed by atoms with Gasteiger partial charge in [0.2, 0.25) is 9.84 Å². The molecule has 5 nitrogen and oxygen atoms in total. The fourth-order valence-corrected chi connectivity index (χ4v) is 4.29. The molecular weight excluding hydrogens is 424 g/mol. The maximum atomic E-state index is 12.7. The number of hydrogen-bond acceptors (Lipinski definition) is 5. The molecule has 166 valence electrons. The molecule has 0 bridgehead atoms. The number of rotatable bonds is 6. The van der Waals surface area contributed by atoms with Crippen LogP contribution in [0.3, 0.4) is 0 Å². The maximum Gasteiger partial charge on any atom is 0.206 e. The van der Waals surface area contributed by atoms with Crippen LogP contribution < -0.4 is 4.74 Å². The zero-order chi connectivity index (χ0) is 23.4. The van der Waals surface area contributed by atoms with E-state index in [-0.39, 0.29) is 15.5 Å². The lowest BCUT2D eigenvalue weighted by molar-refractivity contribution is 0.0931. The zero-order valence-electron chi connectivity index (χ0n) is 18.3. The molecule has 3 rings (SSSR count). The van der Waals surface area contributed by atoms with Crippen LogP contribution in [0.5, 0.6) is 17.2 Å². The van der Waals surface area contributed by atoms with Gasteiger partial charge < -0.3 is 14.9 Å². The summed E-state index contributed by atoms with van der Waals surface area (Å²) < 4.78 is 31.4. The van der Waals surface area contributed by atoms with E-state index < -0.39 is 15.4 Å². The fraction of sp³-hybridized carbons (Fsp3) is 0.231. The van der Waals surface area contributed by atoms with Gasteiger partial charge in [-0.05, 0) is 92.1 Å². The van der Waals surface area contributed by atoms with Crippen LogP contribution in [0.4, 0.5) is 0 Å². The molecule has 0 spiro atoms. The molecule has 32 heavy (non-hydrogen) atoms. The molecule has 0 aliphatic heterocycles. The summed E-state index contributed by atoms with van der Waals surface area (Å²) in [5.41, 5.74) is 0.672. The number of sulfone groups is 1. The third kappa shape index (κ3) is 5.31. The first-order chi connectivity index (χ1) is 15.2. The third-order valence-corrected chi connectivity index (χ3v) is 7.08. The van der Waals surface area contributed by atoms with Crippen LogP contribution in [0.1, 0.15) is 37.8 Å². The number of aliphatic hydroxyl groups is 1. The molecule has 0 radical (unpaired) electrons. The second-order valence-corrected chi connectivity index (χ2v) is 9.49. The number of benzene rings is 3. The highest BCUT2D eigenvalue weighted by molar-refractivity contribution is 7.91. The molecule has 0 unspecified atom stereocenters. The van der Waals surface area contributed by atoms with Crippen molar-refractivity contribution >= 4 is 9.84 Å². The highest BCUT2D eigenvalue weighted by Gasteiger charge is 2.19. The van der Waals surface area contributed by atoms with E-state index in [2.05, 4.69) is 11.8 Å². The Labute approximate surface area is 189 Å². The Bertz CT molecular complexity index is 1240. The van der Waals surface area contributed by atoms with E-state index in [9.17, 15) is 18.6 Å². The largest absolute Gasteiger partial charge is 0.508 e. The minimum atomic E-state index is -3.68. The van der Waals surface area contributed by atoms with E-state index in [0.29, 0.717) is 24.3 Å². The monoisotopic (exact) mass is 450 g/mol. The normalized spacial score (nSPS) is 11.5. The van der Waals surface area contributed by atoms with Gasteiger partial charge in [-0.2, -0.15) is 0 Å². The van der Waals surface area contributed by atoms with Crippen LogP contribution in [0.25, 0.3) is 0 Å². The van der Waals surface area contributed by atoms with E-state index in [0.717, 1.165) is 11.1 Å². The Morgan fingerprint density at radius 2 is 1.47 bits per heavy atom. The molecule has 6 heteroatoms. The van der Waals surface area contributed by atoms with Crippen molar-refractivity contribution in [2.45, 2.75) is 49.0 Å². The van der Waals surface area contributed by atoms with Crippen LogP contribution >= 0.6 is 0 Å². The molecule has 3 aromatic rings. The topological polar surface area (TPSA) is 83.8 Å². The van der Waals surface area contributed by atoms with E-state index in [1.54, 1.807) is 18.2 Å². The summed E-state index contributed by atoms with van der Waals surface area (Å²) in [5.74, 6) is 7.10. The Morgan fingerprint density at radius 1 is 0.906 bits per heavy atom. The van der Waals surface area contributed by atoms with Crippen LogP contribution in [-0.4, -0.2) is 24.2 Å². The Kier molecular flexibility index (Phi) is 6.93. The van der Waals surface area contributed by atoms with Gasteiger partial charge in [-0.3, -0.25) is 0 Å². The molecule has 0 aliphatic carbocycles. The summed E-state index contributed by atoms with van der Waals surface area (Å²) in [5, 5.41) is 19.7. The van der Waals surface area contributed by atoms with Gasteiger partial charge in [-0.15, -0.1) is 0 Å². The van der Waals surface area contributed by atoms with Crippen molar-refractivity contribution in [3.05, 3.63) is 77.9 Å². The summed E-state index contributed by atoms with van der Waals surface area (Å²) in [6.45, 7) is 5.71. The van der Waals surface area contributed by atoms with Gasteiger partial charge in [-0.1, -0.05) is 25.7 Å². The van der Waals surface area contributed by atoms with Crippen LogP contribution in [0, 0.1) is 18.8 Å². The van der Waals surface area contributed by atoms with Crippen LogP contribution in [0.2, 0.25) is 0 Å². The lowest BCUT2D eigenvalue weighted by atomic mass is 9.98. The summed E-state index contributed by atoms with van der Waals surface area (Å²) in [6.07, 6.45) is 1.13. The van der Waals surface area contributed by atoms with Crippen molar-refractivity contribution in [3.63, 3.8) is 0 Å². The number of hydrogen-bond donors (Lipinski definition) is 2. The molecule has 0 atom stereocenters. The maximum absolute atomic E-state index is 12.7. The minimum absolute atomic E-state index is 0.00600. The molecule has 0 fully saturated rings. The summed E-state index contributed by atoms with van der Waals surface area (Å²) in [4.78, 5) is 0.242. The summed E-state index contributed by atoms with van der Waals surface area (Å²) in [7, 11) is -3.68. The fourth-order valence-electron chi connectivity index (χ4n) is 3.03. The number of aromatic hydroxyl groups is 1. The van der Waals surface area contributed by atoms with E-state index >= 15 is 0 Å². The summed E-state index contributed by atoms with van der Waals surface area (Å²) in [6, 6.07) is 17.1. The number of phenolic OH excluding ortho intramolecular Hbond substituents is 1. The standard InChI is InChI=1S/C26H26O5S/c1-4-26(28,5-2)17-16-20-6-15-25(19(3)18-20)31-22-9-13-24(14-10-22)32(29,30)23-11-7-21(27)8-12-23/h6-15,18,27-28H,4-5H2,1-3H3.